The van der Waals surface area contributed by atoms with Gasteiger partial charge in [0.15, 0.2) is 5.82 Å². The van der Waals surface area contributed by atoms with Crippen LogP contribution in [0.1, 0.15) is 0 Å². The summed E-state index contributed by atoms with van der Waals surface area (Å²) in [5.74, 6) is 0.0176. The summed E-state index contributed by atoms with van der Waals surface area (Å²) in [4.78, 5) is 3.67. The monoisotopic (exact) mass is 156 g/mol. The SMILES string of the molecule is CNc1cc(OC)ncc1F. The Morgan fingerprint density at radius 1 is 1.64 bits per heavy atom. The molecule has 60 valence electrons. The molecule has 0 fully saturated rings. The van der Waals surface area contributed by atoms with E-state index < -0.39 is 0 Å². The van der Waals surface area contributed by atoms with Gasteiger partial charge < -0.3 is 10.1 Å². The van der Waals surface area contributed by atoms with Gasteiger partial charge in [-0.2, -0.15) is 0 Å². The van der Waals surface area contributed by atoms with Crippen molar-refractivity contribution in [2.75, 3.05) is 19.5 Å². The van der Waals surface area contributed by atoms with E-state index in [1.807, 2.05) is 0 Å². The third-order valence-electron chi connectivity index (χ3n) is 1.31. The number of nitrogens with one attached hydrogen (secondary N) is 1. The van der Waals surface area contributed by atoms with Gasteiger partial charge in [0.2, 0.25) is 5.88 Å². The predicted octanol–water partition coefficient (Wildman–Crippen LogP) is 1.27. The van der Waals surface area contributed by atoms with E-state index >= 15 is 0 Å². The summed E-state index contributed by atoms with van der Waals surface area (Å²) in [6.07, 6.45) is 1.12. The van der Waals surface area contributed by atoms with Gasteiger partial charge >= 0.3 is 0 Å². The number of halogens is 1. The molecule has 0 radical (unpaired) electrons. The number of anilines is 1. The lowest BCUT2D eigenvalue weighted by atomic mass is 10.4. The van der Waals surface area contributed by atoms with E-state index in [0.29, 0.717) is 11.6 Å². The maximum Gasteiger partial charge on any atom is 0.215 e. The number of nitrogens with zero attached hydrogens (tertiary/aromatic N) is 1. The third kappa shape index (κ3) is 1.58. The van der Waals surface area contributed by atoms with Crippen LogP contribution in [0.3, 0.4) is 0 Å². The zero-order valence-electron chi connectivity index (χ0n) is 6.39. The highest BCUT2D eigenvalue weighted by Gasteiger charge is 2.01. The van der Waals surface area contributed by atoms with Crippen LogP contribution < -0.4 is 10.1 Å². The number of rotatable bonds is 2. The summed E-state index contributed by atoms with van der Waals surface area (Å²) in [6, 6.07) is 1.50. The molecule has 0 aliphatic carbocycles. The van der Waals surface area contributed by atoms with Gasteiger partial charge in [-0.3, -0.25) is 0 Å². The second-order valence-corrected chi connectivity index (χ2v) is 1.96. The quantitative estimate of drug-likeness (QED) is 0.700. The van der Waals surface area contributed by atoms with Crippen molar-refractivity contribution in [2.45, 2.75) is 0 Å². The maximum absolute atomic E-state index is 12.7. The summed E-state index contributed by atoms with van der Waals surface area (Å²) in [7, 11) is 3.12. The Labute approximate surface area is 64.2 Å². The van der Waals surface area contributed by atoms with Gasteiger partial charge in [-0.1, -0.05) is 0 Å². The molecule has 0 amide bonds. The fraction of sp³-hybridized carbons (Fsp3) is 0.286. The van der Waals surface area contributed by atoms with Crippen LogP contribution in [0.2, 0.25) is 0 Å². The van der Waals surface area contributed by atoms with Crippen molar-refractivity contribution in [3.63, 3.8) is 0 Å². The maximum atomic E-state index is 12.7. The first-order valence-electron chi connectivity index (χ1n) is 3.15. The summed E-state index contributed by atoms with van der Waals surface area (Å²) in [5, 5.41) is 2.67. The standard InChI is InChI=1S/C7H9FN2O/c1-9-6-3-7(11-2)10-4-5(6)8/h3-4H,1-2H3,(H,9,10). The molecular formula is C7H9FN2O. The minimum Gasteiger partial charge on any atom is -0.481 e. The lowest BCUT2D eigenvalue weighted by molar-refractivity contribution is 0.396. The molecule has 0 saturated carbocycles. The molecule has 0 atom stereocenters. The highest BCUT2D eigenvalue weighted by atomic mass is 19.1. The molecule has 1 N–H and O–H groups in total. The van der Waals surface area contributed by atoms with Crippen molar-refractivity contribution >= 4 is 5.69 Å². The normalized spacial score (nSPS) is 9.36. The minimum atomic E-state index is -0.381. The molecule has 11 heavy (non-hydrogen) atoms. The predicted molar refractivity (Wildman–Crippen MR) is 40.3 cm³/mol. The number of methoxy groups -OCH3 is 1. The lowest BCUT2D eigenvalue weighted by Gasteiger charge is -2.03. The zero-order valence-corrected chi connectivity index (χ0v) is 6.39. The fourth-order valence-electron chi connectivity index (χ4n) is 0.723. The van der Waals surface area contributed by atoms with E-state index in [1.165, 1.54) is 13.2 Å². The summed E-state index contributed by atoms with van der Waals surface area (Å²) < 4.78 is 17.5. The van der Waals surface area contributed by atoms with Crippen molar-refractivity contribution in [3.05, 3.63) is 18.1 Å². The van der Waals surface area contributed by atoms with Crippen LogP contribution in [0.4, 0.5) is 10.1 Å². The van der Waals surface area contributed by atoms with E-state index in [2.05, 4.69) is 10.3 Å². The Morgan fingerprint density at radius 2 is 2.36 bits per heavy atom. The minimum absolute atomic E-state index is 0.381. The summed E-state index contributed by atoms with van der Waals surface area (Å²) in [5.41, 5.74) is 0.386. The molecule has 0 bridgehead atoms. The highest BCUT2D eigenvalue weighted by molar-refractivity contribution is 5.45. The Bertz CT molecular complexity index is 252. The van der Waals surface area contributed by atoms with Crippen LogP contribution in [-0.2, 0) is 0 Å². The van der Waals surface area contributed by atoms with Crippen molar-refractivity contribution in [1.82, 2.24) is 4.98 Å². The molecule has 1 rings (SSSR count). The molecule has 0 spiro atoms. The van der Waals surface area contributed by atoms with Crippen molar-refractivity contribution in [1.29, 1.82) is 0 Å². The van der Waals surface area contributed by atoms with Crippen molar-refractivity contribution in [3.8, 4) is 5.88 Å². The average Bonchev–Trinajstić information content (AvgIpc) is 2.05. The van der Waals surface area contributed by atoms with Crippen molar-refractivity contribution in [2.24, 2.45) is 0 Å². The highest BCUT2D eigenvalue weighted by Crippen LogP contribution is 2.16. The van der Waals surface area contributed by atoms with Crippen LogP contribution in [0.15, 0.2) is 12.3 Å². The van der Waals surface area contributed by atoms with Gasteiger partial charge in [0.1, 0.15) is 0 Å². The van der Waals surface area contributed by atoms with Gasteiger partial charge in [0.25, 0.3) is 0 Å². The van der Waals surface area contributed by atoms with Gasteiger partial charge in [0.05, 0.1) is 19.0 Å². The fourth-order valence-corrected chi connectivity index (χ4v) is 0.723. The van der Waals surface area contributed by atoms with E-state index in [9.17, 15) is 4.39 Å². The molecule has 0 aliphatic rings. The van der Waals surface area contributed by atoms with E-state index in [4.69, 9.17) is 4.74 Å². The molecule has 1 aromatic heterocycles. The van der Waals surface area contributed by atoms with E-state index in [1.54, 1.807) is 7.05 Å². The molecule has 1 aromatic rings. The number of aromatic nitrogens is 1. The Morgan fingerprint density at radius 3 is 2.91 bits per heavy atom. The number of pyridine rings is 1. The molecule has 0 saturated heterocycles. The molecule has 4 heteroatoms. The molecular weight excluding hydrogens is 147 g/mol. The topological polar surface area (TPSA) is 34.1 Å². The molecule has 0 aliphatic heterocycles. The van der Waals surface area contributed by atoms with E-state index in [-0.39, 0.29) is 5.82 Å². The first-order chi connectivity index (χ1) is 5.27. The second kappa shape index (κ2) is 3.18. The smallest absolute Gasteiger partial charge is 0.215 e. The first kappa shape index (κ1) is 7.78. The van der Waals surface area contributed by atoms with Crippen LogP contribution in [0, 0.1) is 5.82 Å². The van der Waals surface area contributed by atoms with Gasteiger partial charge in [-0.15, -0.1) is 0 Å². The van der Waals surface area contributed by atoms with Gasteiger partial charge in [0, 0.05) is 13.1 Å². The lowest BCUT2D eigenvalue weighted by Crippen LogP contribution is -1.95. The first-order valence-corrected chi connectivity index (χ1v) is 3.15. The Kier molecular flexibility index (Phi) is 2.25. The average molecular weight is 156 g/mol. The number of hydrogen-bond acceptors (Lipinski definition) is 3. The number of ether oxygens (including phenoxy) is 1. The van der Waals surface area contributed by atoms with Crippen LogP contribution >= 0.6 is 0 Å². The molecule has 0 aromatic carbocycles. The summed E-state index contributed by atoms with van der Waals surface area (Å²) >= 11 is 0. The van der Waals surface area contributed by atoms with Gasteiger partial charge in [-0.25, -0.2) is 9.37 Å². The van der Waals surface area contributed by atoms with Crippen molar-refractivity contribution < 1.29 is 9.13 Å². The largest absolute Gasteiger partial charge is 0.481 e. The summed E-state index contributed by atoms with van der Waals surface area (Å²) in [6.45, 7) is 0. The van der Waals surface area contributed by atoms with E-state index in [0.717, 1.165) is 6.20 Å². The Balaban J connectivity index is 3.02. The van der Waals surface area contributed by atoms with Crippen LogP contribution in [0.25, 0.3) is 0 Å². The molecule has 3 nitrogen and oxygen atoms in total. The second-order valence-electron chi connectivity index (χ2n) is 1.96. The molecule has 0 unspecified atom stereocenters. The van der Waals surface area contributed by atoms with Crippen LogP contribution in [0.5, 0.6) is 5.88 Å². The zero-order chi connectivity index (χ0) is 8.27. The van der Waals surface area contributed by atoms with Crippen LogP contribution in [-0.4, -0.2) is 19.1 Å². The molecule has 1 heterocycles. The Hall–Kier alpha value is -1.32. The number of hydrogen-bond donors (Lipinski definition) is 1. The third-order valence-corrected chi connectivity index (χ3v) is 1.31. The van der Waals surface area contributed by atoms with Gasteiger partial charge in [-0.05, 0) is 0 Å².